The van der Waals surface area contributed by atoms with Crippen LogP contribution in [0.1, 0.15) is 10.4 Å². The number of hydrogen-bond acceptors (Lipinski definition) is 3. The van der Waals surface area contributed by atoms with E-state index in [4.69, 9.17) is 10.5 Å². The van der Waals surface area contributed by atoms with Gasteiger partial charge in [-0.2, -0.15) is 0 Å². The van der Waals surface area contributed by atoms with Crippen molar-refractivity contribution in [2.75, 3.05) is 13.7 Å². The molecule has 0 saturated heterocycles. The predicted molar refractivity (Wildman–Crippen MR) is 85.0 cm³/mol. The first-order valence-electron chi connectivity index (χ1n) is 6.27. The second-order valence-corrected chi connectivity index (χ2v) is 6.40. The molecule has 0 spiro atoms. The molecule has 1 aromatic carbocycles. The largest absolute Gasteiger partial charge is 0.497 e. The molecule has 0 saturated carbocycles. The standard InChI is InChI=1S/C15H18BrNOS/c1-18-13-4-2-11(3-5-13)8-12(10-17)9-15-14(16)6-7-19-15/h2-7,12H,8-10,17H2,1H3. The summed E-state index contributed by atoms with van der Waals surface area (Å²) in [6.45, 7) is 0.705. The molecular formula is C15H18BrNOS. The van der Waals surface area contributed by atoms with E-state index in [2.05, 4.69) is 39.5 Å². The fraction of sp³-hybridized carbons (Fsp3) is 0.333. The number of rotatable bonds is 6. The van der Waals surface area contributed by atoms with Crippen LogP contribution >= 0.6 is 27.3 Å². The average molecular weight is 340 g/mol. The second kappa shape index (κ2) is 7.08. The topological polar surface area (TPSA) is 35.2 Å². The van der Waals surface area contributed by atoms with Gasteiger partial charge in [-0.25, -0.2) is 0 Å². The summed E-state index contributed by atoms with van der Waals surface area (Å²) in [6, 6.07) is 10.3. The van der Waals surface area contributed by atoms with Gasteiger partial charge in [-0.15, -0.1) is 11.3 Å². The van der Waals surface area contributed by atoms with Crippen LogP contribution < -0.4 is 10.5 Å². The highest BCUT2D eigenvalue weighted by Crippen LogP contribution is 2.26. The van der Waals surface area contributed by atoms with Gasteiger partial charge in [0.15, 0.2) is 0 Å². The molecule has 0 radical (unpaired) electrons. The Morgan fingerprint density at radius 3 is 2.47 bits per heavy atom. The molecule has 102 valence electrons. The summed E-state index contributed by atoms with van der Waals surface area (Å²) < 4.78 is 6.37. The minimum Gasteiger partial charge on any atom is -0.497 e. The number of thiophene rings is 1. The van der Waals surface area contributed by atoms with Crippen LogP contribution in [0.4, 0.5) is 0 Å². The monoisotopic (exact) mass is 339 g/mol. The third-order valence-electron chi connectivity index (χ3n) is 3.18. The zero-order valence-electron chi connectivity index (χ0n) is 10.9. The maximum atomic E-state index is 5.91. The van der Waals surface area contributed by atoms with E-state index in [0.717, 1.165) is 18.6 Å². The first kappa shape index (κ1) is 14.6. The van der Waals surface area contributed by atoms with Gasteiger partial charge in [0.25, 0.3) is 0 Å². The maximum absolute atomic E-state index is 5.91. The summed E-state index contributed by atoms with van der Waals surface area (Å²) in [5, 5.41) is 2.11. The fourth-order valence-corrected chi connectivity index (χ4v) is 3.70. The molecule has 0 bridgehead atoms. The van der Waals surface area contributed by atoms with Gasteiger partial charge in [-0.05, 0) is 70.4 Å². The van der Waals surface area contributed by atoms with Crippen LogP contribution in [0, 0.1) is 5.92 Å². The fourth-order valence-electron chi connectivity index (χ4n) is 2.07. The summed E-state index contributed by atoms with van der Waals surface area (Å²) in [5.74, 6) is 1.37. The van der Waals surface area contributed by atoms with E-state index in [1.807, 2.05) is 12.1 Å². The van der Waals surface area contributed by atoms with Gasteiger partial charge in [0.05, 0.1) is 7.11 Å². The molecule has 4 heteroatoms. The van der Waals surface area contributed by atoms with Crippen molar-refractivity contribution in [1.29, 1.82) is 0 Å². The third kappa shape index (κ3) is 4.06. The Hall–Kier alpha value is -0.840. The summed E-state index contributed by atoms with van der Waals surface area (Å²) in [7, 11) is 1.69. The lowest BCUT2D eigenvalue weighted by Crippen LogP contribution is -2.19. The van der Waals surface area contributed by atoms with Crippen molar-refractivity contribution in [3.05, 3.63) is 50.6 Å². The highest BCUT2D eigenvalue weighted by atomic mass is 79.9. The summed E-state index contributed by atoms with van der Waals surface area (Å²) in [4.78, 5) is 1.38. The number of benzene rings is 1. The lowest BCUT2D eigenvalue weighted by Gasteiger charge is -2.14. The van der Waals surface area contributed by atoms with Crippen LogP contribution in [0.25, 0.3) is 0 Å². The van der Waals surface area contributed by atoms with E-state index in [0.29, 0.717) is 12.5 Å². The van der Waals surface area contributed by atoms with Crippen LogP contribution in [0.3, 0.4) is 0 Å². The zero-order chi connectivity index (χ0) is 13.7. The van der Waals surface area contributed by atoms with Crippen molar-refractivity contribution in [2.45, 2.75) is 12.8 Å². The lowest BCUT2D eigenvalue weighted by atomic mass is 9.95. The second-order valence-electron chi connectivity index (χ2n) is 4.55. The van der Waals surface area contributed by atoms with Crippen molar-refractivity contribution < 1.29 is 4.74 Å². The molecular weight excluding hydrogens is 322 g/mol. The van der Waals surface area contributed by atoms with E-state index in [1.54, 1.807) is 18.4 Å². The van der Waals surface area contributed by atoms with Crippen molar-refractivity contribution in [3.63, 3.8) is 0 Å². The SMILES string of the molecule is COc1ccc(CC(CN)Cc2sccc2Br)cc1. The van der Waals surface area contributed by atoms with E-state index in [9.17, 15) is 0 Å². The molecule has 2 rings (SSSR count). The maximum Gasteiger partial charge on any atom is 0.118 e. The Morgan fingerprint density at radius 1 is 1.21 bits per heavy atom. The van der Waals surface area contributed by atoms with Crippen LogP contribution in [0.5, 0.6) is 5.75 Å². The quantitative estimate of drug-likeness (QED) is 0.866. The molecule has 2 nitrogen and oxygen atoms in total. The highest BCUT2D eigenvalue weighted by molar-refractivity contribution is 9.10. The van der Waals surface area contributed by atoms with Gasteiger partial charge in [-0.1, -0.05) is 12.1 Å². The number of methoxy groups -OCH3 is 1. The van der Waals surface area contributed by atoms with Crippen LogP contribution in [0.2, 0.25) is 0 Å². The van der Waals surface area contributed by atoms with Crippen molar-refractivity contribution >= 4 is 27.3 Å². The normalized spacial score (nSPS) is 12.4. The molecule has 19 heavy (non-hydrogen) atoms. The number of hydrogen-bond donors (Lipinski definition) is 1. The zero-order valence-corrected chi connectivity index (χ0v) is 13.3. The molecule has 0 aliphatic carbocycles. The molecule has 0 aliphatic heterocycles. The third-order valence-corrected chi connectivity index (χ3v) is 5.13. The van der Waals surface area contributed by atoms with Gasteiger partial charge in [-0.3, -0.25) is 0 Å². The summed E-state index contributed by atoms with van der Waals surface area (Å²) >= 11 is 5.37. The van der Waals surface area contributed by atoms with Crippen molar-refractivity contribution in [3.8, 4) is 5.75 Å². The highest BCUT2D eigenvalue weighted by Gasteiger charge is 2.12. The molecule has 1 atom stereocenters. The summed E-state index contributed by atoms with van der Waals surface area (Å²) in [5.41, 5.74) is 7.22. The Morgan fingerprint density at radius 2 is 1.95 bits per heavy atom. The molecule has 1 heterocycles. The first-order valence-corrected chi connectivity index (χ1v) is 7.95. The Bertz CT molecular complexity index is 509. The molecule has 2 N–H and O–H groups in total. The van der Waals surface area contributed by atoms with Crippen LogP contribution in [-0.4, -0.2) is 13.7 Å². The number of ether oxygens (including phenoxy) is 1. The molecule has 1 aromatic heterocycles. The summed E-state index contributed by atoms with van der Waals surface area (Å²) in [6.07, 6.45) is 2.03. The Kier molecular flexibility index (Phi) is 5.43. The average Bonchev–Trinajstić information content (AvgIpc) is 2.84. The molecule has 1 unspecified atom stereocenters. The van der Waals surface area contributed by atoms with Gasteiger partial charge < -0.3 is 10.5 Å². The van der Waals surface area contributed by atoms with Gasteiger partial charge >= 0.3 is 0 Å². The number of halogens is 1. The Balaban J connectivity index is 2.00. The molecule has 0 fully saturated rings. The predicted octanol–water partition coefficient (Wildman–Crippen LogP) is 3.88. The molecule has 0 aliphatic rings. The van der Waals surface area contributed by atoms with E-state index >= 15 is 0 Å². The lowest BCUT2D eigenvalue weighted by molar-refractivity contribution is 0.414. The van der Waals surface area contributed by atoms with Crippen molar-refractivity contribution in [2.24, 2.45) is 11.7 Å². The van der Waals surface area contributed by atoms with Gasteiger partial charge in [0.1, 0.15) is 5.75 Å². The van der Waals surface area contributed by atoms with E-state index in [1.165, 1.54) is 14.9 Å². The van der Waals surface area contributed by atoms with Crippen LogP contribution in [0.15, 0.2) is 40.2 Å². The minimum absolute atomic E-state index is 0.475. The Labute approximate surface area is 126 Å². The number of nitrogens with two attached hydrogens (primary N) is 1. The van der Waals surface area contributed by atoms with E-state index in [-0.39, 0.29) is 0 Å². The van der Waals surface area contributed by atoms with Gasteiger partial charge in [0.2, 0.25) is 0 Å². The van der Waals surface area contributed by atoms with Crippen LogP contribution in [-0.2, 0) is 12.8 Å². The van der Waals surface area contributed by atoms with E-state index < -0.39 is 0 Å². The van der Waals surface area contributed by atoms with Crippen molar-refractivity contribution in [1.82, 2.24) is 0 Å². The smallest absolute Gasteiger partial charge is 0.118 e. The first-order chi connectivity index (χ1) is 9.22. The molecule has 0 amide bonds. The molecule has 2 aromatic rings. The minimum atomic E-state index is 0.475. The van der Waals surface area contributed by atoms with Gasteiger partial charge in [0, 0.05) is 9.35 Å².